The van der Waals surface area contributed by atoms with E-state index in [1.54, 1.807) is 7.11 Å². The number of ether oxygens (including phenoxy) is 2. The van der Waals surface area contributed by atoms with Gasteiger partial charge >= 0.3 is 0 Å². The van der Waals surface area contributed by atoms with E-state index in [4.69, 9.17) is 9.47 Å². The molecule has 0 radical (unpaired) electrons. The van der Waals surface area contributed by atoms with Crippen molar-refractivity contribution in [3.8, 4) is 11.5 Å². The number of methoxy groups -OCH3 is 1. The van der Waals surface area contributed by atoms with Crippen LogP contribution in [0.15, 0.2) is 18.2 Å². The molecule has 4 rings (SSSR count). The summed E-state index contributed by atoms with van der Waals surface area (Å²) in [6.45, 7) is 3.83. The van der Waals surface area contributed by atoms with Crippen molar-refractivity contribution in [2.75, 3.05) is 39.9 Å². The van der Waals surface area contributed by atoms with Crippen LogP contribution in [-0.2, 0) is 0 Å². The summed E-state index contributed by atoms with van der Waals surface area (Å²) in [5.41, 5.74) is 0.637. The molecule has 0 aromatic heterocycles. The first kappa shape index (κ1) is 21.4. The maximum atomic E-state index is 12.9. The summed E-state index contributed by atoms with van der Waals surface area (Å²) < 4.78 is 11.9. The average molecular weight is 417 g/mol. The van der Waals surface area contributed by atoms with Gasteiger partial charge in [0.05, 0.1) is 7.11 Å². The lowest BCUT2D eigenvalue weighted by Gasteiger charge is -2.36. The lowest BCUT2D eigenvalue weighted by molar-refractivity contribution is 0.0649. The van der Waals surface area contributed by atoms with Crippen LogP contribution in [0.3, 0.4) is 0 Å². The Labute approximate surface area is 180 Å². The summed E-state index contributed by atoms with van der Waals surface area (Å²) in [6, 6.07) is 6.33. The first-order chi connectivity index (χ1) is 14.7. The standard InChI is InChI=1S/C24H36N2O4/c1-29-23-16-19(24(28)26-12-8-18(17-27)9-13-26)6-7-22(23)30-21-10-14-25(15-11-21)20-4-2-3-5-20/h6-7,16,18,20-21,27H,2-5,8-15,17H2,1H3. The number of carbonyl (C=O) groups excluding carboxylic acids is 1. The summed E-state index contributed by atoms with van der Waals surface area (Å²) in [5, 5.41) is 9.30. The number of hydrogen-bond acceptors (Lipinski definition) is 5. The van der Waals surface area contributed by atoms with Crippen molar-refractivity contribution in [2.24, 2.45) is 5.92 Å². The Bertz CT molecular complexity index is 703. The number of rotatable bonds is 6. The van der Waals surface area contributed by atoms with Gasteiger partial charge in [0, 0.05) is 44.4 Å². The number of likely N-dealkylation sites (tertiary alicyclic amines) is 2. The summed E-state index contributed by atoms with van der Waals surface area (Å²) in [4.78, 5) is 17.4. The molecule has 2 heterocycles. The Balaban J connectivity index is 1.34. The number of carbonyl (C=O) groups is 1. The topological polar surface area (TPSA) is 62.2 Å². The van der Waals surface area contributed by atoms with Crippen molar-refractivity contribution in [1.82, 2.24) is 9.80 Å². The predicted octanol–water partition coefficient (Wildman–Crippen LogP) is 3.33. The van der Waals surface area contributed by atoms with Crippen LogP contribution in [-0.4, -0.2) is 72.9 Å². The average Bonchev–Trinajstić information content (AvgIpc) is 3.34. The maximum absolute atomic E-state index is 12.9. The molecule has 0 bridgehead atoms. The van der Waals surface area contributed by atoms with E-state index in [0.717, 1.165) is 50.6 Å². The summed E-state index contributed by atoms with van der Waals surface area (Å²) >= 11 is 0. The van der Waals surface area contributed by atoms with Gasteiger partial charge in [-0.2, -0.15) is 0 Å². The Hall–Kier alpha value is -1.79. The Morgan fingerprint density at radius 2 is 1.70 bits per heavy atom. The molecule has 3 fully saturated rings. The highest BCUT2D eigenvalue weighted by Gasteiger charge is 2.29. The number of aliphatic hydroxyl groups is 1. The maximum Gasteiger partial charge on any atom is 0.253 e. The number of nitrogens with zero attached hydrogens (tertiary/aromatic N) is 2. The molecular weight excluding hydrogens is 380 g/mol. The molecule has 1 saturated carbocycles. The van der Waals surface area contributed by atoms with Gasteiger partial charge in [-0.3, -0.25) is 4.79 Å². The molecule has 166 valence electrons. The molecule has 1 amide bonds. The van der Waals surface area contributed by atoms with Gasteiger partial charge in [0.1, 0.15) is 6.10 Å². The number of amides is 1. The van der Waals surface area contributed by atoms with Crippen LogP contribution in [0, 0.1) is 5.92 Å². The van der Waals surface area contributed by atoms with Crippen LogP contribution in [0.5, 0.6) is 11.5 Å². The Kier molecular flexibility index (Phi) is 7.16. The summed E-state index contributed by atoms with van der Waals surface area (Å²) in [6.07, 6.45) is 9.47. The SMILES string of the molecule is COc1cc(C(=O)N2CCC(CO)CC2)ccc1OC1CCN(C2CCCC2)CC1. The van der Waals surface area contributed by atoms with E-state index in [0.29, 0.717) is 30.3 Å². The second-order valence-electron chi connectivity index (χ2n) is 9.08. The molecule has 1 N–H and O–H groups in total. The van der Waals surface area contributed by atoms with Crippen LogP contribution in [0.4, 0.5) is 0 Å². The second kappa shape index (κ2) is 10.0. The minimum atomic E-state index is 0.0288. The Morgan fingerprint density at radius 1 is 1.00 bits per heavy atom. The number of benzene rings is 1. The fourth-order valence-corrected chi connectivity index (χ4v) is 5.21. The van der Waals surface area contributed by atoms with Crippen LogP contribution >= 0.6 is 0 Å². The second-order valence-corrected chi connectivity index (χ2v) is 9.08. The van der Waals surface area contributed by atoms with E-state index in [1.807, 2.05) is 23.1 Å². The normalized spacial score (nSPS) is 22.4. The Morgan fingerprint density at radius 3 is 2.33 bits per heavy atom. The van der Waals surface area contributed by atoms with Crippen molar-refractivity contribution >= 4 is 5.91 Å². The van der Waals surface area contributed by atoms with E-state index in [9.17, 15) is 9.90 Å². The van der Waals surface area contributed by atoms with Gasteiger partial charge in [0.15, 0.2) is 11.5 Å². The van der Waals surface area contributed by atoms with Crippen LogP contribution < -0.4 is 9.47 Å². The van der Waals surface area contributed by atoms with Gasteiger partial charge in [0.2, 0.25) is 0 Å². The summed E-state index contributed by atoms with van der Waals surface area (Å²) in [5.74, 6) is 1.71. The predicted molar refractivity (Wildman–Crippen MR) is 116 cm³/mol. The smallest absolute Gasteiger partial charge is 0.253 e. The molecule has 0 atom stereocenters. The monoisotopic (exact) mass is 416 g/mol. The van der Waals surface area contributed by atoms with E-state index >= 15 is 0 Å². The van der Waals surface area contributed by atoms with Crippen LogP contribution in [0.1, 0.15) is 61.7 Å². The molecule has 2 saturated heterocycles. The van der Waals surface area contributed by atoms with Crippen molar-refractivity contribution in [3.05, 3.63) is 23.8 Å². The number of piperidine rings is 2. The molecule has 1 aromatic carbocycles. The molecule has 2 aliphatic heterocycles. The highest BCUT2D eigenvalue weighted by atomic mass is 16.5. The zero-order valence-electron chi connectivity index (χ0n) is 18.2. The largest absolute Gasteiger partial charge is 0.493 e. The van der Waals surface area contributed by atoms with E-state index < -0.39 is 0 Å². The highest BCUT2D eigenvalue weighted by Crippen LogP contribution is 2.33. The van der Waals surface area contributed by atoms with Crippen molar-refractivity contribution in [1.29, 1.82) is 0 Å². The molecular formula is C24H36N2O4. The van der Waals surface area contributed by atoms with Crippen molar-refractivity contribution in [3.63, 3.8) is 0 Å². The quantitative estimate of drug-likeness (QED) is 0.771. The van der Waals surface area contributed by atoms with Gasteiger partial charge in [-0.05, 0) is 62.6 Å². The molecule has 3 aliphatic rings. The van der Waals surface area contributed by atoms with Crippen LogP contribution in [0.2, 0.25) is 0 Å². The third-order valence-corrected chi connectivity index (χ3v) is 7.18. The van der Waals surface area contributed by atoms with Gasteiger partial charge in [-0.1, -0.05) is 12.8 Å². The number of aliphatic hydroxyl groups excluding tert-OH is 1. The van der Waals surface area contributed by atoms with E-state index in [2.05, 4.69) is 4.90 Å². The summed E-state index contributed by atoms with van der Waals surface area (Å²) in [7, 11) is 1.63. The molecule has 1 aromatic rings. The fraction of sp³-hybridized carbons (Fsp3) is 0.708. The zero-order valence-corrected chi connectivity index (χ0v) is 18.2. The molecule has 1 aliphatic carbocycles. The third kappa shape index (κ3) is 4.92. The third-order valence-electron chi connectivity index (χ3n) is 7.18. The number of hydrogen-bond donors (Lipinski definition) is 1. The van der Waals surface area contributed by atoms with Crippen LogP contribution in [0.25, 0.3) is 0 Å². The minimum Gasteiger partial charge on any atom is -0.493 e. The zero-order chi connectivity index (χ0) is 20.9. The molecule has 0 spiro atoms. The lowest BCUT2D eigenvalue weighted by Crippen LogP contribution is -2.43. The first-order valence-corrected chi connectivity index (χ1v) is 11.7. The van der Waals surface area contributed by atoms with Crippen molar-refractivity contribution < 1.29 is 19.4 Å². The molecule has 6 nitrogen and oxygen atoms in total. The molecule has 6 heteroatoms. The highest BCUT2D eigenvalue weighted by molar-refractivity contribution is 5.95. The van der Waals surface area contributed by atoms with E-state index in [-0.39, 0.29) is 18.6 Å². The minimum absolute atomic E-state index is 0.0288. The van der Waals surface area contributed by atoms with E-state index in [1.165, 1.54) is 25.7 Å². The van der Waals surface area contributed by atoms with Gasteiger partial charge in [-0.15, -0.1) is 0 Å². The van der Waals surface area contributed by atoms with Gasteiger partial charge < -0.3 is 24.4 Å². The molecule has 0 unspecified atom stereocenters. The first-order valence-electron chi connectivity index (χ1n) is 11.7. The lowest BCUT2D eigenvalue weighted by atomic mass is 9.97. The molecule has 30 heavy (non-hydrogen) atoms. The van der Waals surface area contributed by atoms with Gasteiger partial charge in [-0.25, -0.2) is 0 Å². The van der Waals surface area contributed by atoms with Crippen molar-refractivity contribution in [2.45, 2.75) is 63.5 Å². The van der Waals surface area contributed by atoms with Gasteiger partial charge in [0.25, 0.3) is 5.91 Å². The fourth-order valence-electron chi connectivity index (χ4n) is 5.21.